The number of benzene rings is 1. The summed E-state index contributed by atoms with van der Waals surface area (Å²) in [6, 6.07) is 6.07. The van der Waals surface area contributed by atoms with E-state index in [1.54, 1.807) is 7.11 Å². The molecule has 0 spiro atoms. The van der Waals surface area contributed by atoms with Crippen LogP contribution in [-0.4, -0.2) is 18.6 Å². The summed E-state index contributed by atoms with van der Waals surface area (Å²) in [5.41, 5.74) is 4.64. The predicted molar refractivity (Wildman–Crippen MR) is 85.9 cm³/mol. The molecule has 2 rings (SSSR count). The number of anilines is 1. The third kappa shape index (κ3) is 2.72. The van der Waals surface area contributed by atoms with Crippen LogP contribution in [-0.2, 0) is 0 Å². The molecule has 0 saturated heterocycles. The van der Waals surface area contributed by atoms with Crippen LogP contribution in [0.3, 0.4) is 0 Å². The number of methoxy groups -OCH3 is 1. The Morgan fingerprint density at radius 3 is 2.65 bits per heavy atom. The monoisotopic (exact) mass is 272 g/mol. The molecule has 1 N–H and O–H groups in total. The highest BCUT2D eigenvalue weighted by atomic mass is 16.5. The van der Waals surface area contributed by atoms with Crippen LogP contribution in [0.5, 0.6) is 5.75 Å². The highest BCUT2D eigenvalue weighted by Crippen LogP contribution is 2.35. The summed E-state index contributed by atoms with van der Waals surface area (Å²) in [4.78, 5) is 4.75. The van der Waals surface area contributed by atoms with Crippen molar-refractivity contribution in [2.45, 2.75) is 40.0 Å². The predicted octanol–water partition coefficient (Wildman–Crippen LogP) is 4.50. The molecule has 0 unspecified atom stereocenters. The van der Waals surface area contributed by atoms with Gasteiger partial charge in [0.2, 0.25) is 0 Å². The number of aryl methyl sites for hydroxylation is 1. The maximum atomic E-state index is 5.36. The average Bonchev–Trinajstić information content (AvgIpc) is 2.43. The lowest BCUT2D eigenvalue weighted by Gasteiger charge is -2.19. The fourth-order valence-electron chi connectivity index (χ4n) is 2.65. The Hall–Kier alpha value is -1.77. The second kappa shape index (κ2) is 6.12. The lowest BCUT2D eigenvalue weighted by molar-refractivity contribution is 0.415. The van der Waals surface area contributed by atoms with Crippen LogP contribution in [0.2, 0.25) is 0 Å². The van der Waals surface area contributed by atoms with Gasteiger partial charge in [-0.15, -0.1) is 0 Å². The van der Waals surface area contributed by atoms with Gasteiger partial charge in [-0.1, -0.05) is 20.8 Å². The summed E-state index contributed by atoms with van der Waals surface area (Å²) in [5.74, 6) is 1.31. The van der Waals surface area contributed by atoms with Gasteiger partial charge in [-0.3, -0.25) is 4.98 Å². The minimum atomic E-state index is 0.442. The molecule has 1 aromatic heterocycles. The number of pyridine rings is 1. The zero-order valence-corrected chi connectivity index (χ0v) is 13.1. The fourth-order valence-corrected chi connectivity index (χ4v) is 2.65. The molecular formula is C17H24N2O. The molecular weight excluding hydrogens is 248 g/mol. The average molecular weight is 272 g/mol. The summed E-state index contributed by atoms with van der Waals surface area (Å²) < 4.78 is 5.36. The minimum absolute atomic E-state index is 0.442. The first kappa shape index (κ1) is 14.6. The van der Waals surface area contributed by atoms with Crippen molar-refractivity contribution >= 4 is 16.6 Å². The van der Waals surface area contributed by atoms with Crippen LogP contribution < -0.4 is 10.1 Å². The molecule has 1 heterocycles. The van der Waals surface area contributed by atoms with Crippen LogP contribution >= 0.6 is 0 Å². The molecule has 0 aliphatic rings. The third-order valence-corrected chi connectivity index (χ3v) is 3.55. The van der Waals surface area contributed by atoms with E-state index in [9.17, 15) is 0 Å². The first-order chi connectivity index (χ1) is 9.58. The third-order valence-electron chi connectivity index (χ3n) is 3.55. The van der Waals surface area contributed by atoms with Crippen LogP contribution in [0.15, 0.2) is 18.2 Å². The number of rotatable bonds is 5. The molecule has 0 atom stereocenters. The molecule has 20 heavy (non-hydrogen) atoms. The number of aromatic nitrogens is 1. The highest BCUT2D eigenvalue weighted by Gasteiger charge is 2.15. The van der Waals surface area contributed by atoms with Gasteiger partial charge in [-0.2, -0.15) is 0 Å². The van der Waals surface area contributed by atoms with E-state index in [1.807, 2.05) is 12.1 Å². The fraction of sp³-hybridized carbons (Fsp3) is 0.471. The lowest BCUT2D eigenvalue weighted by Crippen LogP contribution is -2.08. The van der Waals surface area contributed by atoms with Gasteiger partial charge in [-0.25, -0.2) is 0 Å². The number of hydrogen-bond acceptors (Lipinski definition) is 3. The van der Waals surface area contributed by atoms with Gasteiger partial charge in [0, 0.05) is 23.3 Å². The molecule has 0 bridgehead atoms. The van der Waals surface area contributed by atoms with Crippen molar-refractivity contribution in [3.05, 3.63) is 29.5 Å². The SMILES string of the molecule is CCCNc1c(C(C)C)c(C)nc2ccc(OC)cc12. The van der Waals surface area contributed by atoms with E-state index < -0.39 is 0 Å². The van der Waals surface area contributed by atoms with Crippen molar-refractivity contribution in [2.24, 2.45) is 0 Å². The number of fused-ring (bicyclic) bond motifs is 1. The number of nitrogens with zero attached hydrogens (tertiary/aromatic N) is 1. The van der Waals surface area contributed by atoms with Crippen molar-refractivity contribution < 1.29 is 4.74 Å². The molecule has 0 amide bonds. The molecule has 3 heteroatoms. The Morgan fingerprint density at radius 1 is 1.30 bits per heavy atom. The molecule has 0 aliphatic heterocycles. The number of ether oxygens (including phenoxy) is 1. The smallest absolute Gasteiger partial charge is 0.119 e. The lowest BCUT2D eigenvalue weighted by atomic mass is 9.96. The standard InChI is InChI=1S/C17H24N2O/c1-6-9-18-17-14-10-13(20-5)7-8-15(14)19-12(4)16(17)11(2)3/h7-8,10-11H,6,9H2,1-5H3,(H,18,19). The van der Waals surface area contributed by atoms with E-state index in [2.05, 4.69) is 39.1 Å². The Bertz CT molecular complexity index is 605. The van der Waals surface area contributed by atoms with E-state index in [4.69, 9.17) is 9.72 Å². The first-order valence-electron chi connectivity index (χ1n) is 7.30. The van der Waals surface area contributed by atoms with Crippen LogP contribution in [0.1, 0.15) is 44.4 Å². The second-order valence-corrected chi connectivity index (χ2v) is 5.45. The summed E-state index contributed by atoms with van der Waals surface area (Å²) in [6.07, 6.45) is 1.10. The van der Waals surface area contributed by atoms with Gasteiger partial charge in [-0.05, 0) is 43.0 Å². The topological polar surface area (TPSA) is 34.2 Å². The summed E-state index contributed by atoms with van der Waals surface area (Å²) >= 11 is 0. The number of nitrogens with one attached hydrogen (secondary N) is 1. The quantitative estimate of drug-likeness (QED) is 0.870. The Morgan fingerprint density at radius 2 is 2.05 bits per heavy atom. The van der Waals surface area contributed by atoms with Gasteiger partial charge in [0.25, 0.3) is 0 Å². The molecule has 2 aromatic rings. The van der Waals surface area contributed by atoms with E-state index >= 15 is 0 Å². The van der Waals surface area contributed by atoms with Crippen LogP contribution in [0.4, 0.5) is 5.69 Å². The molecule has 3 nitrogen and oxygen atoms in total. The molecule has 0 aliphatic carbocycles. The van der Waals surface area contributed by atoms with Gasteiger partial charge in [0.15, 0.2) is 0 Å². The Labute approximate surface area is 121 Å². The highest BCUT2D eigenvalue weighted by molar-refractivity contribution is 5.94. The van der Waals surface area contributed by atoms with E-state index in [0.29, 0.717) is 5.92 Å². The van der Waals surface area contributed by atoms with E-state index in [-0.39, 0.29) is 0 Å². The van der Waals surface area contributed by atoms with Crippen molar-refractivity contribution in [3.8, 4) is 5.75 Å². The van der Waals surface area contributed by atoms with Gasteiger partial charge in [0.05, 0.1) is 12.6 Å². The summed E-state index contributed by atoms with van der Waals surface area (Å²) in [5, 5.41) is 4.73. The van der Waals surface area contributed by atoms with Crippen molar-refractivity contribution in [3.63, 3.8) is 0 Å². The van der Waals surface area contributed by atoms with Crippen molar-refractivity contribution in [2.75, 3.05) is 19.0 Å². The first-order valence-corrected chi connectivity index (χ1v) is 7.30. The number of hydrogen-bond donors (Lipinski definition) is 1. The van der Waals surface area contributed by atoms with E-state index in [0.717, 1.165) is 35.3 Å². The van der Waals surface area contributed by atoms with Gasteiger partial charge >= 0.3 is 0 Å². The maximum absolute atomic E-state index is 5.36. The zero-order valence-electron chi connectivity index (χ0n) is 13.1. The molecule has 1 aromatic carbocycles. The summed E-state index contributed by atoms with van der Waals surface area (Å²) in [6.45, 7) is 9.67. The van der Waals surface area contributed by atoms with Crippen molar-refractivity contribution in [1.82, 2.24) is 4.98 Å². The minimum Gasteiger partial charge on any atom is -0.497 e. The normalized spacial score (nSPS) is 11.1. The van der Waals surface area contributed by atoms with Gasteiger partial charge < -0.3 is 10.1 Å². The Balaban J connectivity index is 2.71. The van der Waals surface area contributed by atoms with Crippen molar-refractivity contribution in [1.29, 1.82) is 0 Å². The molecule has 0 radical (unpaired) electrons. The second-order valence-electron chi connectivity index (χ2n) is 5.45. The largest absolute Gasteiger partial charge is 0.497 e. The van der Waals surface area contributed by atoms with Crippen LogP contribution in [0.25, 0.3) is 10.9 Å². The molecule has 0 fully saturated rings. The van der Waals surface area contributed by atoms with Gasteiger partial charge in [0.1, 0.15) is 5.75 Å². The zero-order chi connectivity index (χ0) is 14.7. The molecule has 108 valence electrons. The molecule has 0 saturated carbocycles. The summed E-state index contributed by atoms with van der Waals surface area (Å²) in [7, 11) is 1.70. The maximum Gasteiger partial charge on any atom is 0.119 e. The van der Waals surface area contributed by atoms with E-state index in [1.165, 1.54) is 11.3 Å². The Kier molecular flexibility index (Phi) is 4.48. The van der Waals surface area contributed by atoms with Crippen LogP contribution in [0, 0.1) is 6.92 Å².